The number of aliphatic carboxylic acids is 1. The van der Waals surface area contributed by atoms with Gasteiger partial charge in [-0.3, -0.25) is 4.79 Å². The number of hydrogen-bond donors (Lipinski definition) is 1. The molecule has 0 aromatic carbocycles. The second kappa shape index (κ2) is 18.0. The Morgan fingerprint density at radius 1 is 0.870 bits per heavy atom. The summed E-state index contributed by atoms with van der Waals surface area (Å²) in [6, 6.07) is 0. The van der Waals surface area contributed by atoms with E-state index in [1.165, 1.54) is 25.7 Å². The number of carboxylic acids is 1. The van der Waals surface area contributed by atoms with E-state index in [1.807, 2.05) is 24.3 Å². The van der Waals surface area contributed by atoms with Gasteiger partial charge in [-0.2, -0.15) is 0 Å². The Kier molecular flexibility index (Phi) is 16.4. The maximum atomic E-state index is 10.3. The molecule has 0 rings (SSSR count). The summed E-state index contributed by atoms with van der Waals surface area (Å²) in [6.45, 7) is 2.22. The van der Waals surface area contributed by atoms with Crippen LogP contribution < -0.4 is 0 Å². The molecule has 0 saturated heterocycles. The van der Waals surface area contributed by atoms with E-state index in [1.54, 1.807) is 18.6 Å². The van der Waals surface area contributed by atoms with Crippen molar-refractivity contribution < 1.29 is 14.6 Å². The summed E-state index contributed by atoms with van der Waals surface area (Å²) < 4.78 is 5.17. The van der Waals surface area contributed by atoms with Gasteiger partial charge in [0.2, 0.25) is 0 Å². The summed E-state index contributed by atoms with van der Waals surface area (Å²) in [5, 5.41) is 8.47. The topological polar surface area (TPSA) is 46.5 Å². The summed E-state index contributed by atoms with van der Waals surface area (Å²) in [6.07, 6.45) is 26.8. The van der Waals surface area contributed by atoms with Crippen molar-refractivity contribution in [2.45, 2.75) is 58.3 Å². The zero-order chi connectivity index (χ0) is 17.0. The van der Waals surface area contributed by atoms with Crippen LogP contribution in [-0.4, -0.2) is 11.1 Å². The van der Waals surface area contributed by atoms with Crippen molar-refractivity contribution in [1.29, 1.82) is 0 Å². The van der Waals surface area contributed by atoms with E-state index in [4.69, 9.17) is 9.84 Å². The molecular formula is C20H30O3. The van der Waals surface area contributed by atoms with E-state index in [-0.39, 0.29) is 6.42 Å². The van der Waals surface area contributed by atoms with Gasteiger partial charge >= 0.3 is 5.97 Å². The van der Waals surface area contributed by atoms with Crippen LogP contribution >= 0.6 is 0 Å². The average Bonchev–Trinajstić information content (AvgIpc) is 2.53. The normalized spacial score (nSPS) is 12.6. The number of allylic oxidation sites excluding steroid dienone is 8. The summed E-state index contributed by atoms with van der Waals surface area (Å²) in [4.78, 5) is 10.3. The number of rotatable bonds is 14. The molecule has 0 spiro atoms. The lowest BCUT2D eigenvalue weighted by molar-refractivity contribution is -0.137. The van der Waals surface area contributed by atoms with E-state index in [0.717, 1.165) is 12.8 Å². The third kappa shape index (κ3) is 20.0. The number of ether oxygens (including phenoxy) is 1. The molecular weight excluding hydrogens is 288 g/mol. The van der Waals surface area contributed by atoms with Gasteiger partial charge in [0.05, 0.1) is 12.5 Å². The van der Waals surface area contributed by atoms with E-state index < -0.39 is 5.97 Å². The van der Waals surface area contributed by atoms with Gasteiger partial charge in [-0.1, -0.05) is 56.2 Å². The van der Waals surface area contributed by atoms with Crippen molar-refractivity contribution in [2.24, 2.45) is 0 Å². The summed E-state index contributed by atoms with van der Waals surface area (Å²) in [7, 11) is 0. The quantitative estimate of drug-likeness (QED) is 0.187. The van der Waals surface area contributed by atoms with Crippen LogP contribution in [0, 0.1) is 0 Å². The highest BCUT2D eigenvalue weighted by Gasteiger charge is 1.92. The lowest BCUT2D eigenvalue weighted by atomic mass is 10.2. The third-order valence-electron chi connectivity index (χ3n) is 2.98. The van der Waals surface area contributed by atoms with E-state index in [2.05, 4.69) is 25.2 Å². The van der Waals surface area contributed by atoms with Gasteiger partial charge < -0.3 is 9.84 Å². The van der Waals surface area contributed by atoms with Crippen LogP contribution in [0.3, 0.4) is 0 Å². The Hall–Kier alpha value is -2.03. The van der Waals surface area contributed by atoms with Gasteiger partial charge in [0.25, 0.3) is 0 Å². The van der Waals surface area contributed by atoms with Gasteiger partial charge in [0, 0.05) is 6.42 Å². The molecule has 0 fully saturated rings. The first-order valence-corrected chi connectivity index (χ1v) is 8.43. The Morgan fingerprint density at radius 3 is 2.26 bits per heavy atom. The highest BCUT2D eigenvalue weighted by molar-refractivity contribution is 5.66. The molecule has 0 unspecified atom stereocenters. The van der Waals surface area contributed by atoms with Crippen molar-refractivity contribution in [3.05, 3.63) is 61.1 Å². The molecule has 3 heteroatoms. The zero-order valence-electron chi connectivity index (χ0n) is 14.2. The molecule has 0 bridgehead atoms. The molecule has 0 saturated carbocycles. The first-order valence-electron chi connectivity index (χ1n) is 8.43. The minimum absolute atomic E-state index is 0.216. The first-order chi connectivity index (χ1) is 11.3. The first kappa shape index (κ1) is 21.0. The molecule has 1 N–H and O–H groups in total. The zero-order valence-corrected chi connectivity index (χ0v) is 14.2. The van der Waals surface area contributed by atoms with Crippen LogP contribution in [0.15, 0.2) is 61.1 Å². The van der Waals surface area contributed by atoms with Gasteiger partial charge in [-0.25, -0.2) is 0 Å². The maximum absolute atomic E-state index is 10.3. The Bertz CT molecular complexity index is 415. The second-order valence-electron chi connectivity index (χ2n) is 5.14. The molecule has 0 aromatic rings. The molecule has 0 aliphatic heterocycles. The smallest absolute Gasteiger partial charge is 0.303 e. The lowest BCUT2D eigenvalue weighted by Gasteiger charge is -1.90. The maximum Gasteiger partial charge on any atom is 0.303 e. The monoisotopic (exact) mass is 318 g/mol. The predicted molar refractivity (Wildman–Crippen MR) is 97.0 cm³/mol. The Balaban J connectivity index is 3.51. The molecule has 128 valence electrons. The minimum Gasteiger partial charge on any atom is -0.481 e. The molecule has 23 heavy (non-hydrogen) atoms. The molecule has 0 aliphatic rings. The van der Waals surface area contributed by atoms with Gasteiger partial charge in [-0.15, -0.1) is 0 Å². The molecule has 3 nitrogen and oxygen atoms in total. The average molecular weight is 318 g/mol. The van der Waals surface area contributed by atoms with Crippen molar-refractivity contribution in [3.8, 4) is 0 Å². The van der Waals surface area contributed by atoms with Crippen molar-refractivity contribution in [3.63, 3.8) is 0 Å². The van der Waals surface area contributed by atoms with Gasteiger partial charge in [0.15, 0.2) is 0 Å². The number of carboxylic acid groups (broad SMARTS) is 1. The van der Waals surface area contributed by atoms with Crippen molar-refractivity contribution >= 4 is 5.97 Å². The van der Waals surface area contributed by atoms with Crippen molar-refractivity contribution in [1.82, 2.24) is 0 Å². The Labute approximate surface area is 140 Å². The molecule has 0 atom stereocenters. The van der Waals surface area contributed by atoms with Crippen LogP contribution in [0.4, 0.5) is 0 Å². The van der Waals surface area contributed by atoms with Crippen LogP contribution in [0.5, 0.6) is 0 Å². The van der Waals surface area contributed by atoms with Crippen molar-refractivity contribution in [2.75, 3.05) is 0 Å². The largest absolute Gasteiger partial charge is 0.481 e. The van der Waals surface area contributed by atoms with E-state index >= 15 is 0 Å². The standard InChI is InChI=1S/C20H30O3/c1-2-3-4-5-6-7-8-9-12-15-18-23-19-16-13-10-11-14-17-20(21)22/h6-7,9-10,12-13,15-16,18-19H,2-5,8,11,14,17H2,1H3,(H,21,22)/b7-6-,12-9-,13-10-,18-15+,19-16+. The molecule has 0 aliphatic carbocycles. The van der Waals surface area contributed by atoms with E-state index in [0.29, 0.717) is 6.42 Å². The highest BCUT2D eigenvalue weighted by atomic mass is 16.5. The predicted octanol–water partition coefficient (Wildman–Crippen LogP) is 5.92. The molecule has 0 amide bonds. The third-order valence-corrected chi connectivity index (χ3v) is 2.98. The highest BCUT2D eigenvalue weighted by Crippen LogP contribution is 2.00. The fraction of sp³-hybridized carbons (Fsp3) is 0.450. The second-order valence-corrected chi connectivity index (χ2v) is 5.14. The van der Waals surface area contributed by atoms with Crippen LogP contribution in [0.1, 0.15) is 58.3 Å². The molecule has 0 radical (unpaired) electrons. The van der Waals surface area contributed by atoms with Gasteiger partial charge in [-0.05, 0) is 44.3 Å². The van der Waals surface area contributed by atoms with Crippen LogP contribution in [-0.2, 0) is 9.53 Å². The van der Waals surface area contributed by atoms with Gasteiger partial charge in [0.1, 0.15) is 0 Å². The number of hydrogen-bond acceptors (Lipinski definition) is 2. The SMILES string of the molecule is CCCCC/C=C\C/C=C\C=C\O/C=C/C=C\CCCC(=O)O. The molecule has 0 heterocycles. The van der Waals surface area contributed by atoms with Crippen LogP contribution in [0.25, 0.3) is 0 Å². The van der Waals surface area contributed by atoms with E-state index in [9.17, 15) is 4.79 Å². The number of carbonyl (C=O) groups is 1. The molecule has 0 aromatic heterocycles. The van der Waals surface area contributed by atoms with Crippen LogP contribution in [0.2, 0.25) is 0 Å². The fourth-order valence-corrected chi connectivity index (χ4v) is 1.73. The fourth-order valence-electron chi connectivity index (χ4n) is 1.73. The summed E-state index contributed by atoms with van der Waals surface area (Å²) >= 11 is 0. The summed E-state index contributed by atoms with van der Waals surface area (Å²) in [5.41, 5.74) is 0. The lowest BCUT2D eigenvalue weighted by Crippen LogP contribution is -1.92. The summed E-state index contributed by atoms with van der Waals surface area (Å²) in [5.74, 6) is -0.748. The number of unbranched alkanes of at least 4 members (excludes halogenated alkanes) is 4. The minimum atomic E-state index is -0.748. The Morgan fingerprint density at radius 2 is 1.57 bits per heavy atom.